The lowest BCUT2D eigenvalue weighted by Crippen LogP contribution is -2.15. The maximum absolute atomic E-state index is 12.6. The summed E-state index contributed by atoms with van der Waals surface area (Å²) < 4.78 is 5.45. The zero-order valence-corrected chi connectivity index (χ0v) is 14.2. The highest BCUT2D eigenvalue weighted by molar-refractivity contribution is 6.16. The van der Waals surface area contributed by atoms with E-state index < -0.39 is 5.97 Å². The number of esters is 1. The minimum absolute atomic E-state index is 0.309. The molecular formula is C22H19NO2. The third-order valence-corrected chi connectivity index (χ3v) is 3.96. The number of ether oxygens (including phenoxy) is 1. The van der Waals surface area contributed by atoms with Crippen molar-refractivity contribution in [3.63, 3.8) is 0 Å². The molecule has 0 fully saturated rings. The number of nitrogens with one attached hydrogen (secondary N) is 1. The van der Waals surface area contributed by atoms with E-state index >= 15 is 0 Å². The Kier molecular flexibility index (Phi) is 4.75. The third-order valence-electron chi connectivity index (χ3n) is 3.96. The second-order valence-electron chi connectivity index (χ2n) is 5.99. The van der Waals surface area contributed by atoms with Crippen molar-refractivity contribution in [1.82, 2.24) is 0 Å². The average Bonchev–Trinajstić information content (AvgIpc) is 2.62. The second-order valence-corrected chi connectivity index (χ2v) is 5.99. The lowest BCUT2D eigenvalue weighted by Gasteiger charge is -2.12. The summed E-state index contributed by atoms with van der Waals surface area (Å²) in [4.78, 5) is 12.6. The molecule has 3 heteroatoms. The molecule has 0 aliphatic heterocycles. The number of aryl methyl sites for hydroxylation is 2. The molecule has 0 aliphatic carbocycles. The topological polar surface area (TPSA) is 50.2 Å². The number of rotatable bonds is 4. The predicted molar refractivity (Wildman–Crippen MR) is 99.7 cm³/mol. The summed E-state index contributed by atoms with van der Waals surface area (Å²) >= 11 is 0. The Morgan fingerprint density at radius 1 is 0.800 bits per heavy atom. The Bertz CT molecular complexity index is 913. The first kappa shape index (κ1) is 16.7. The first-order valence-electron chi connectivity index (χ1n) is 8.08. The molecular weight excluding hydrogens is 310 g/mol. The van der Waals surface area contributed by atoms with Crippen molar-refractivity contribution in [2.75, 3.05) is 0 Å². The van der Waals surface area contributed by atoms with Crippen LogP contribution in [-0.2, 0) is 0 Å². The van der Waals surface area contributed by atoms with Crippen molar-refractivity contribution < 1.29 is 9.53 Å². The van der Waals surface area contributed by atoms with E-state index in [9.17, 15) is 4.79 Å². The fourth-order valence-corrected chi connectivity index (χ4v) is 2.57. The Morgan fingerprint density at radius 3 is 2.12 bits per heavy atom. The van der Waals surface area contributed by atoms with E-state index in [0.717, 1.165) is 16.7 Å². The summed E-state index contributed by atoms with van der Waals surface area (Å²) in [6.07, 6.45) is 0. The standard InChI is InChI=1S/C22H19NO2/c1-15-8-11-17(12-9-15)21(23)20-14-16(2)10-13-19(20)22(24)25-18-6-4-3-5-7-18/h3-14,23H,1-2H3. The van der Waals surface area contributed by atoms with Gasteiger partial charge in [0.25, 0.3) is 0 Å². The van der Waals surface area contributed by atoms with Gasteiger partial charge in [-0.05, 0) is 38.1 Å². The first-order chi connectivity index (χ1) is 12.0. The van der Waals surface area contributed by atoms with Crippen molar-refractivity contribution in [3.05, 3.63) is 101 Å². The van der Waals surface area contributed by atoms with Crippen LogP contribution in [0.1, 0.15) is 32.6 Å². The minimum Gasteiger partial charge on any atom is -0.423 e. The number of hydrogen-bond donors (Lipinski definition) is 1. The third kappa shape index (κ3) is 3.83. The highest BCUT2D eigenvalue weighted by atomic mass is 16.5. The second kappa shape index (κ2) is 7.14. The van der Waals surface area contributed by atoms with Crippen molar-refractivity contribution >= 4 is 11.7 Å². The molecule has 0 aliphatic rings. The van der Waals surface area contributed by atoms with Gasteiger partial charge in [0, 0.05) is 11.1 Å². The van der Waals surface area contributed by atoms with Gasteiger partial charge >= 0.3 is 5.97 Å². The molecule has 1 N–H and O–H groups in total. The highest BCUT2D eigenvalue weighted by Crippen LogP contribution is 2.20. The number of hydrogen-bond acceptors (Lipinski definition) is 3. The largest absolute Gasteiger partial charge is 0.423 e. The summed E-state index contributed by atoms with van der Waals surface area (Å²) in [7, 11) is 0. The molecule has 0 amide bonds. The van der Waals surface area contributed by atoms with Crippen LogP contribution in [0, 0.1) is 19.3 Å². The van der Waals surface area contributed by atoms with Crippen LogP contribution >= 0.6 is 0 Å². The molecule has 124 valence electrons. The zero-order valence-electron chi connectivity index (χ0n) is 14.2. The molecule has 0 saturated heterocycles. The Morgan fingerprint density at radius 2 is 1.44 bits per heavy atom. The molecule has 3 aromatic rings. The van der Waals surface area contributed by atoms with Crippen molar-refractivity contribution in [3.8, 4) is 5.75 Å². The number of carbonyl (C=O) groups excluding carboxylic acids is 1. The highest BCUT2D eigenvalue weighted by Gasteiger charge is 2.18. The number of para-hydroxylation sites is 1. The Labute approximate surface area is 147 Å². The van der Waals surface area contributed by atoms with E-state index in [-0.39, 0.29) is 0 Å². The van der Waals surface area contributed by atoms with E-state index in [0.29, 0.717) is 22.6 Å². The summed E-state index contributed by atoms with van der Waals surface area (Å²) in [5.74, 6) is 0.0268. The average molecular weight is 329 g/mol. The molecule has 0 aromatic heterocycles. The van der Waals surface area contributed by atoms with Gasteiger partial charge in [-0.15, -0.1) is 0 Å². The number of benzene rings is 3. The fourth-order valence-electron chi connectivity index (χ4n) is 2.57. The normalized spacial score (nSPS) is 10.3. The molecule has 3 aromatic carbocycles. The molecule has 0 unspecified atom stereocenters. The lowest BCUT2D eigenvalue weighted by atomic mass is 9.95. The van der Waals surface area contributed by atoms with Crippen LogP contribution in [0.3, 0.4) is 0 Å². The van der Waals surface area contributed by atoms with E-state index in [4.69, 9.17) is 10.1 Å². The SMILES string of the molecule is Cc1ccc(C(=N)c2cc(C)ccc2C(=O)Oc2ccccc2)cc1. The van der Waals surface area contributed by atoms with Crippen molar-refractivity contribution in [2.24, 2.45) is 0 Å². The molecule has 3 nitrogen and oxygen atoms in total. The van der Waals surface area contributed by atoms with Gasteiger partial charge in [-0.3, -0.25) is 5.41 Å². The summed E-state index contributed by atoms with van der Waals surface area (Å²) in [5.41, 5.74) is 4.16. The van der Waals surface area contributed by atoms with Crippen LogP contribution in [-0.4, -0.2) is 11.7 Å². The molecule has 0 spiro atoms. The molecule has 25 heavy (non-hydrogen) atoms. The first-order valence-corrected chi connectivity index (χ1v) is 8.08. The van der Waals surface area contributed by atoms with Gasteiger partial charge in [-0.25, -0.2) is 4.79 Å². The van der Waals surface area contributed by atoms with Gasteiger partial charge in [0.1, 0.15) is 5.75 Å². The van der Waals surface area contributed by atoms with Gasteiger partial charge in [-0.1, -0.05) is 59.7 Å². The van der Waals surface area contributed by atoms with Crippen molar-refractivity contribution in [2.45, 2.75) is 13.8 Å². The molecule has 0 saturated carbocycles. The molecule has 0 heterocycles. The van der Waals surface area contributed by atoms with Gasteiger partial charge in [-0.2, -0.15) is 0 Å². The monoisotopic (exact) mass is 329 g/mol. The number of carbonyl (C=O) groups is 1. The smallest absolute Gasteiger partial charge is 0.344 e. The van der Waals surface area contributed by atoms with E-state index in [1.165, 1.54) is 0 Å². The van der Waals surface area contributed by atoms with Crippen LogP contribution < -0.4 is 4.74 Å². The van der Waals surface area contributed by atoms with E-state index in [2.05, 4.69) is 0 Å². The van der Waals surface area contributed by atoms with Crippen LogP contribution in [0.4, 0.5) is 0 Å². The van der Waals surface area contributed by atoms with Crippen LogP contribution in [0.15, 0.2) is 72.8 Å². The quantitative estimate of drug-likeness (QED) is 0.419. The molecule has 0 atom stereocenters. The minimum atomic E-state index is -0.460. The zero-order chi connectivity index (χ0) is 17.8. The Balaban J connectivity index is 1.96. The lowest BCUT2D eigenvalue weighted by molar-refractivity contribution is 0.0734. The summed E-state index contributed by atoms with van der Waals surface area (Å²) in [6.45, 7) is 3.95. The van der Waals surface area contributed by atoms with Crippen LogP contribution in [0.5, 0.6) is 5.75 Å². The van der Waals surface area contributed by atoms with Gasteiger partial charge < -0.3 is 4.74 Å². The maximum atomic E-state index is 12.6. The van der Waals surface area contributed by atoms with Crippen molar-refractivity contribution in [1.29, 1.82) is 5.41 Å². The molecule has 3 rings (SSSR count). The summed E-state index contributed by atoms with van der Waals surface area (Å²) in [6, 6.07) is 22.1. The van der Waals surface area contributed by atoms with Crippen LogP contribution in [0.2, 0.25) is 0 Å². The van der Waals surface area contributed by atoms with Gasteiger partial charge in [0.05, 0.1) is 11.3 Å². The van der Waals surface area contributed by atoms with E-state index in [1.54, 1.807) is 18.2 Å². The Hall–Kier alpha value is -3.20. The van der Waals surface area contributed by atoms with Gasteiger partial charge in [0.15, 0.2) is 0 Å². The predicted octanol–water partition coefficient (Wildman–Crippen LogP) is 4.94. The summed E-state index contributed by atoms with van der Waals surface area (Å²) in [5, 5.41) is 8.54. The fraction of sp³-hybridized carbons (Fsp3) is 0.0909. The maximum Gasteiger partial charge on any atom is 0.344 e. The van der Waals surface area contributed by atoms with Gasteiger partial charge in [0.2, 0.25) is 0 Å². The van der Waals surface area contributed by atoms with E-state index in [1.807, 2.05) is 68.4 Å². The van der Waals surface area contributed by atoms with Crippen LogP contribution in [0.25, 0.3) is 0 Å². The molecule has 0 radical (unpaired) electrons. The molecule has 0 bridgehead atoms.